The maximum Gasteiger partial charge on any atom is 0.343 e. The van der Waals surface area contributed by atoms with Gasteiger partial charge in [-0.1, -0.05) is 42.5 Å². The van der Waals surface area contributed by atoms with E-state index in [2.05, 4.69) is 21.2 Å². The number of rotatable bonds is 8. The predicted molar refractivity (Wildman–Crippen MR) is 162 cm³/mol. The van der Waals surface area contributed by atoms with Crippen LogP contribution in [0.1, 0.15) is 5.56 Å². The van der Waals surface area contributed by atoms with E-state index in [1.54, 1.807) is 110 Å². The van der Waals surface area contributed by atoms with Crippen molar-refractivity contribution < 1.29 is 28.7 Å². The molecule has 10 heteroatoms. The SMILES string of the molecule is COc1ccc(NC(=O)COc2ccc(C=C3C(=O)N(c4ccccc4)C(=O)N(c4ccccc4)C3=O)cc2Br)cc1. The predicted octanol–water partition coefficient (Wildman–Crippen LogP) is 6.06. The Morgan fingerprint density at radius 1 is 0.810 bits per heavy atom. The van der Waals surface area contributed by atoms with E-state index in [1.807, 2.05) is 0 Å². The van der Waals surface area contributed by atoms with Crippen molar-refractivity contribution in [3.63, 3.8) is 0 Å². The molecule has 42 heavy (non-hydrogen) atoms. The molecule has 5 rings (SSSR count). The van der Waals surface area contributed by atoms with Crippen LogP contribution in [0.3, 0.4) is 0 Å². The molecule has 0 spiro atoms. The van der Waals surface area contributed by atoms with Gasteiger partial charge in [-0.2, -0.15) is 0 Å². The minimum absolute atomic E-state index is 0.193. The molecular formula is C32H24BrN3O6. The van der Waals surface area contributed by atoms with Gasteiger partial charge in [0.2, 0.25) is 0 Å². The summed E-state index contributed by atoms with van der Waals surface area (Å²) in [5, 5.41) is 2.74. The Hall–Kier alpha value is -5.22. The van der Waals surface area contributed by atoms with Crippen molar-refractivity contribution in [3.05, 3.63) is 119 Å². The first kappa shape index (κ1) is 28.3. The van der Waals surface area contributed by atoms with Crippen LogP contribution in [0.25, 0.3) is 6.08 Å². The van der Waals surface area contributed by atoms with Gasteiger partial charge in [0.1, 0.15) is 17.1 Å². The topological polar surface area (TPSA) is 105 Å². The summed E-state index contributed by atoms with van der Waals surface area (Å²) >= 11 is 3.44. The third-order valence-electron chi connectivity index (χ3n) is 6.28. The standard InChI is InChI=1S/C32H24BrN3O6/c1-41-25-15-13-22(14-16-25)34-29(37)20-42-28-17-12-21(19-27(28)33)18-26-30(38)35(23-8-4-2-5-9-23)32(40)36(31(26)39)24-10-6-3-7-11-24/h2-19H,20H2,1H3,(H,34,37). The van der Waals surface area contributed by atoms with Crippen LogP contribution >= 0.6 is 15.9 Å². The number of ether oxygens (including phenoxy) is 2. The number of para-hydroxylation sites is 2. The van der Waals surface area contributed by atoms with Crippen LogP contribution < -0.4 is 24.6 Å². The highest BCUT2D eigenvalue weighted by molar-refractivity contribution is 9.10. The number of carbonyl (C=O) groups excluding carboxylic acids is 4. The molecule has 0 aromatic heterocycles. The molecule has 0 radical (unpaired) electrons. The first-order chi connectivity index (χ1) is 20.4. The van der Waals surface area contributed by atoms with Gasteiger partial charge >= 0.3 is 6.03 Å². The minimum Gasteiger partial charge on any atom is -0.497 e. The van der Waals surface area contributed by atoms with Gasteiger partial charge < -0.3 is 14.8 Å². The maximum absolute atomic E-state index is 13.5. The van der Waals surface area contributed by atoms with Crippen LogP contribution in [-0.4, -0.2) is 37.5 Å². The van der Waals surface area contributed by atoms with E-state index in [0.717, 1.165) is 9.80 Å². The van der Waals surface area contributed by atoms with Crippen molar-refractivity contribution in [2.45, 2.75) is 0 Å². The van der Waals surface area contributed by atoms with E-state index >= 15 is 0 Å². The second-order valence-corrected chi connectivity index (χ2v) is 9.90. The molecule has 4 aromatic carbocycles. The highest BCUT2D eigenvalue weighted by Crippen LogP contribution is 2.31. The lowest BCUT2D eigenvalue weighted by Gasteiger charge is -2.33. The number of hydrogen-bond donors (Lipinski definition) is 1. The van der Waals surface area contributed by atoms with Gasteiger partial charge in [0.05, 0.1) is 23.0 Å². The van der Waals surface area contributed by atoms with Crippen LogP contribution in [0.2, 0.25) is 0 Å². The van der Waals surface area contributed by atoms with E-state index in [4.69, 9.17) is 9.47 Å². The number of barbiturate groups is 1. The van der Waals surface area contributed by atoms with Gasteiger partial charge in [0.15, 0.2) is 6.61 Å². The summed E-state index contributed by atoms with van der Waals surface area (Å²) in [5.41, 5.74) is 1.58. The van der Waals surface area contributed by atoms with Gasteiger partial charge in [-0.05, 0) is 88.2 Å². The molecule has 1 heterocycles. The monoisotopic (exact) mass is 625 g/mol. The van der Waals surface area contributed by atoms with E-state index in [1.165, 1.54) is 6.08 Å². The van der Waals surface area contributed by atoms with Crippen LogP contribution in [0.4, 0.5) is 21.9 Å². The second-order valence-electron chi connectivity index (χ2n) is 9.05. The third kappa shape index (κ3) is 6.08. The molecule has 1 saturated heterocycles. The molecule has 5 amide bonds. The minimum atomic E-state index is -0.766. The number of amides is 5. The largest absolute Gasteiger partial charge is 0.497 e. The fraction of sp³-hybridized carbons (Fsp3) is 0.0625. The average molecular weight is 626 g/mol. The number of carbonyl (C=O) groups is 4. The molecular weight excluding hydrogens is 602 g/mol. The van der Waals surface area contributed by atoms with E-state index in [9.17, 15) is 19.2 Å². The number of methoxy groups -OCH3 is 1. The average Bonchev–Trinajstić information content (AvgIpc) is 3.00. The van der Waals surface area contributed by atoms with Crippen molar-refractivity contribution in [2.75, 3.05) is 28.8 Å². The fourth-order valence-electron chi connectivity index (χ4n) is 4.24. The smallest absolute Gasteiger partial charge is 0.343 e. The van der Waals surface area contributed by atoms with Gasteiger partial charge in [-0.3, -0.25) is 14.4 Å². The summed E-state index contributed by atoms with van der Waals surface area (Å²) in [7, 11) is 1.56. The van der Waals surface area contributed by atoms with Crippen molar-refractivity contribution in [2.24, 2.45) is 0 Å². The number of nitrogens with zero attached hydrogens (tertiary/aromatic N) is 2. The zero-order valence-corrected chi connectivity index (χ0v) is 23.9. The Morgan fingerprint density at radius 2 is 1.38 bits per heavy atom. The number of anilines is 3. The van der Waals surface area contributed by atoms with Crippen molar-refractivity contribution in [1.29, 1.82) is 0 Å². The Balaban J connectivity index is 1.37. The maximum atomic E-state index is 13.5. The number of urea groups is 1. The van der Waals surface area contributed by atoms with E-state index in [-0.39, 0.29) is 18.1 Å². The number of imide groups is 2. The molecule has 0 aliphatic carbocycles. The Bertz CT molecular complexity index is 1610. The lowest BCUT2D eigenvalue weighted by Crippen LogP contribution is -2.57. The number of benzene rings is 4. The molecule has 4 aromatic rings. The van der Waals surface area contributed by atoms with E-state index < -0.39 is 17.8 Å². The van der Waals surface area contributed by atoms with Crippen molar-refractivity contribution in [3.8, 4) is 11.5 Å². The lowest BCUT2D eigenvalue weighted by molar-refractivity contribution is -0.121. The normalized spacial score (nSPS) is 13.2. The summed E-state index contributed by atoms with van der Waals surface area (Å²) in [4.78, 5) is 54.9. The molecule has 0 saturated carbocycles. The zero-order valence-electron chi connectivity index (χ0n) is 22.3. The first-order valence-corrected chi connectivity index (χ1v) is 13.6. The molecule has 0 unspecified atom stereocenters. The molecule has 1 aliphatic rings. The third-order valence-corrected chi connectivity index (χ3v) is 6.90. The van der Waals surface area contributed by atoms with Crippen molar-refractivity contribution in [1.82, 2.24) is 0 Å². The van der Waals surface area contributed by atoms with Gasteiger partial charge in [0.25, 0.3) is 17.7 Å². The molecule has 1 fully saturated rings. The fourth-order valence-corrected chi connectivity index (χ4v) is 4.76. The highest BCUT2D eigenvalue weighted by atomic mass is 79.9. The lowest BCUT2D eigenvalue weighted by atomic mass is 10.0. The zero-order chi connectivity index (χ0) is 29.6. The molecule has 0 atom stereocenters. The summed E-state index contributed by atoms with van der Waals surface area (Å²) in [5.74, 6) is -0.782. The van der Waals surface area contributed by atoms with E-state index in [0.29, 0.717) is 38.6 Å². The van der Waals surface area contributed by atoms with Crippen molar-refractivity contribution >= 4 is 62.8 Å². The number of nitrogens with one attached hydrogen (secondary N) is 1. The van der Waals surface area contributed by atoms with Crippen LogP contribution in [0.15, 0.2) is 113 Å². The van der Waals surface area contributed by atoms with Crippen LogP contribution in [-0.2, 0) is 14.4 Å². The molecule has 1 N–H and O–H groups in total. The first-order valence-electron chi connectivity index (χ1n) is 12.8. The highest BCUT2D eigenvalue weighted by Gasteiger charge is 2.43. The molecule has 9 nitrogen and oxygen atoms in total. The van der Waals surface area contributed by atoms with Gasteiger partial charge in [-0.15, -0.1) is 0 Å². The summed E-state index contributed by atoms with van der Waals surface area (Å²) in [6, 6.07) is 27.9. The Labute approximate surface area is 250 Å². The summed E-state index contributed by atoms with van der Waals surface area (Å²) in [6.45, 7) is -0.248. The van der Waals surface area contributed by atoms with Gasteiger partial charge in [-0.25, -0.2) is 14.6 Å². The Kier molecular flexibility index (Phi) is 8.44. The Morgan fingerprint density at radius 3 is 1.90 bits per heavy atom. The van der Waals surface area contributed by atoms with Crippen LogP contribution in [0, 0.1) is 0 Å². The molecule has 210 valence electrons. The molecule has 0 bridgehead atoms. The second kappa shape index (κ2) is 12.5. The summed E-state index contributed by atoms with van der Waals surface area (Å²) in [6.07, 6.45) is 1.42. The van der Waals surface area contributed by atoms with Gasteiger partial charge in [0, 0.05) is 5.69 Å². The van der Waals surface area contributed by atoms with Crippen LogP contribution in [0.5, 0.6) is 11.5 Å². The number of halogens is 1. The quantitative estimate of drug-likeness (QED) is 0.188. The number of hydrogen-bond acceptors (Lipinski definition) is 6. The molecule has 1 aliphatic heterocycles. The summed E-state index contributed by atoms with van der Waals surface area (Å²) < 4.78 is 11.3.